The summed E-state index contributed by atoms with van der Waals surface area (Å²) in [4.78, 5) is 0. The number of unbranched alkanes of at least 4 members (excludes halogenated alkanes) is 14. The van der Waals surface area contributed by atoms with Crippen molar-refractivity contribution in [1.82, 2.24) is 0 Å². The van der Waals surface area contributed by atoms with Crippen LogP contribution in [-0.4, -0.2) is 27.4 Å². The molecule has 0 atom stereocenters. The Balaban J connectivity index is 1.78. The van der Waals surface area contributed by atoms with Gasteiger partial charge in [0.05, 0.1) is 27.4 Å². The smallest absolute Gasteiger partial charge is 0.127 e. The summed E-state index contributed by atoms with van der Waals surface area (Å²) in [5, 5.41) is 0. The molecule has 0 N–H and O–H groups in total. The van der Waals surface area contributed by atoms with E-state index in [9.17, 15) is 0 Å². The monoisotopic (exact) mass is 654 g/mol. The molecule has 0 heterocycles. The number of ether oxygens (including phenoxy) is 4. The SMILES string of the molecule is CCCCCCCCCCOc1cc(/C=C/c2ccc(OC)cc2)c(OCCCCCCCCCC)cc1/C=C/c1ccc(OC)cc1. The first-order valence-electron chi connectivity index (χ1n) is 18.7. The van der Waals surface area contributed by atoms with Crippen LogP contribution in [0.4, 0.5) is 0 Å². The number of benzene rings is 3. The molecule has 0 aliphatic carbocycles. The van der Waals surface area contributed by atoms with Crippen LogP contribution in [0.3, 0.4) is 0 Å². The van der Waals surface area contributed by atoms with Gasteiger partial charge in [-0.2, -0.15) is 0 Å². The van der Waals surface area contributed by atoms with E-state index in [1.807, 2.05) is 24.3 Å². The van der Waals surface area contributed by atoms with Crippen molar-refractivity contribution in [3.05, 3.63) is 82.9 Å². The van der Waals surface area contributed by atoms with Gasteiger partial charge in [0.25, 0.3) is 0 Å². The minimum Gasteiger partial charge on any atom is -0.497 e. The Morgan fingerprint density at radius 3 is 1.08 bits per heavy atom. The van der Waals surface area contributed by atoms with Gasteiger partial charge in [0, 0.05) is 11.1 Å². The number of hydrogen-bond acceptors (Lipinski definition) is 4. The molecule has 0 fully saturated rings. The molecule has 0 radical (unpaired) electrons. The van der Waals surface area contributed by atoms with Crippen LogP contribution >= 0.6 is 0 Å². The zero-order valence-electron chi connectivity index (χ0n) is 30.4. The quantitative estimate of drug-likeness (QED) is 0.0637. The van der Waals surface area contributed by atoms with Gasteiger partial charge in [-0.3, -0.25) is 0 Å². The predicted octanol–water partition coefficient (Wildman–Crippen LogP) is 13.1. The van der Waals surface area contributed by atoms with Gasteiger partial charge in [-0.25, -0.2) is 0 Å². The first kappa shape index (κ1) is 38.8. The molecule has 3 aromatic carbocycles. The van der Waals surface area contributed by atoms with Crippen molar-refractivity contribution in [3.63, 3.8) is 0 Å². The molecule has 48 heavy (non-hydrogen) atoms. The van der Waals surface area contributed by atoms with Crippen molar-refractivity contribution in [2.24, 2.45) is 0 Å². The van der Waals surface area contributed by atoms with E-state index in [4.69, 9.17) is 18.9 Å². The zero-order chi connectivity index (χ0) is 34.1. The molecular formula is C44H62O4. The Morgan fingerprint density at radius 2 is 0.750 bits per heavy atom. The van der Waals surface area contributed by atoms with Crippen molar-refractivity contribution in [2.45, 2.75) is 117 Å². The maximum Gasteiger partial charge on any atom is 0.127 e. The third kappa shape index (κ3) is 15.5. The number of methoxy groups -OCH3 is 2. The van der Waals surface area contributed by atoms with E-state index in [2.05, 4.69) is 74.5 Å². The Bertz CT molecular complexity index is 1200. The largest absolute Gasteiger partial charge is 0.497 e. The molecule has 3 rings (SSSR count). The van der Waals surface area contributed by atoms with Gasteiger partial charge in [-0.1, -0.05) is 152 Å². The van der Waals surface area contributed by atoms with Gasteiger partial charge in [0.15, 0.2) is 0 Å². The highest BCUT2D eigenvalue weighted by Gasteiger charge is 2.11. The number of rotatable bonds is 26. The third-order valence-corrected chi connectivity index (χ3v) is 8.80. The van der Waals surface area contributed by atoms with Crippen LogP contribution in [0, 0.1) is 0 Å². The fraction of sp³-hybridized carbons (Fsp3) is 0.500. The lowest BCUT2D eigenvalue weighted by molar-refractivity contribution is 0.295. The van der Waals surface area contributed by atoms with Gasteiger partial charge in [0.2, 0.25) is 0 Å². The summed E-state index contributed by atoms with van der Waals surface area (Å²) in [7, 11) is 3.39. The molecule has 0 amide bonds. The standard InChI is InChI=1S/C44H62O4/c1-5-7-9-11-13-15-17-19-33-47-43-35-40(28-22-38-25-31-42(46-4)32-26-38)44(48-34-20-18-16-14-12-10-8-6-2)36-39(43)27-21-37-23-29-41(45-3)30-24-37/h21-32,35-36H,5-20,33-34H2,1-4H3/b27-21+,28-22+. The maximum atomic E-state index is 6.51. The molecule has 0 aliphatic heterocycles. The van der Waals surface area contributed by atoms with E-state index in [0.717, 1.165) is 58.1 Å². The van der Waals surface area contributed by atoms with Crippen LogP contribution in [0.15, 0.2) is 60.7 Å². The van der Waals surface area contributed by atoms with E-state index in [0.29, 0.717) is 13.2 Å². The molecule has 0 aliphatic rings. The first-order chi connectivity index (χ1) is 23.7. The second kappa shape index (κ2) is 24.5. The van der Waals surface area contributed by atoms with Crippen LogP contribution in [0.5, 0.6) is 23.0 Å². The average molecular weight is 655 g/mol. The van der Waals surface area contributed by atoms with Crippen LogP contribution in [-0.2, 0) is 0 Å². The molecule has 0 aromatic heterocycles. The highest BCUT2D eigenvalue weighted by atomic mass is 16.5. The van der Waals surface area contributed by atoms with Crippen molar-refractivity contribution in [1.29, 1.82) is 0 Å². The van der Waals surface area contributed by atoms with Gasteiger partial charge in [-0.15, -0.1) is 0 Å². The summed E-state index contributed by atoms with van der Waals surface area (Å²) in [5.41, 5.74) is 4.26. The fourth-order valence-corrected chi connectivity index (χ4v) is 5.74. The van der Waals surface area contributed by atoms with Crippen molar-refractivity contribution < 1.29 is 18.9 Å². The molecule has 0 spiro atoms. The fourth-order valence-electron chi connectivity index (χ4n) is 5.74. The number of hydrogen-bond donors (Lipinski definition) is 0. The lowest BCUT2D eigenvalue weighted by Crippen LogP contribution is -2.03. The Kier molecular flexibility index (Phi) is 19.8. The molecule has 3 aromatic rings. The lowest BCUT2D eigenvalue weighted by Gasteiger charge is -2.16. The highest BCUT2D eigenvalue weighted by molar-refractivity contribution is 5.79. The second-order valence-electron chi connectivity index (χ2n) is 12.8. The highest BCUT2D eigenvalue weighted by Crippen LogP contribution is 2.33. The van der Waals surface area contributed by atoms with Crippen molar-refractivity contribution >= 4 is 24.3 Å². The van der Waals surface area contributed by atoms with Crippen LogP contribution < -0.4 is 18.9 Å². The summed E-state index contributed by atoms with van der Waals surface area (Å²) in [6.45, 7) is 5.96. The second-order valence-corrected chi connectivity index (χ2v) is 12.8. The predicted molar refractivity (Wildman–Crippen MR) is 206 cm³/mol. The first-order valence-corrected chi connectivity index (χ1v) is 18.7. The Hall–Kier alpha value is -3.66. The molecule has 0 bridgehead atoms. The lowest BCUT2D eigenvalue weighted by atomic mass is 10.0. The van der Waals surface area contributed by atoms with Gasteiger partial charge in [0.1, 0.15) is 23.0 Å². The molecular weight excluding hydrogens is 592 g/mol. The zero-order valence-corrected chi connectivity index (χ0v) is 30.4. The van der Waals surface area contributed by atoms with Gasteiger partial charge < -0.3 is 18.9 Å². The topological polar surface area (TPSA) is 36.9 Å². The van der Waals surface area contributed by atoms with E-state index in [-0.39, 0.29) is 0 Å². The summed E-state index contributed by atoms with van der Waals surface area (Å²) in [6.07, 6.45) is 29.0. The summed E-state index contributed by atoms with van der Waals surface area (Å²) in [5.74, 6) is 3.48. The maximum absolute atomic E-state index is 6.51. The van der Waals surface area contributed by atoms with Gasteiger partial charge in [-0.05, 0) is 60.4 Å². The Labute approximate surface area is 292 Å². The average Bonchev–Trinajstić information content (AvgIpc) is 3.12. The molecule has 262 valence electrons. The van der Waals surface area contributed by atoms with Crippen LogP contribution in [0.2, 0.25) is 0 Å². The van der Waals surface area contributed by atoms with Crippen LogP contribution in [0.1, 0.15) is 139 Å². The molecule has 4 nitrogen and oxygen atoms in total. The molecule has 0 unspecified atom stereocenters. The van der Waals surface area contributed by atoms with Crippen molar-refractivity contribution in [2.75, 3.05) is 27.4 Å². The van der Waals surface area contributed by atoms with E-state index >= 15 is 0 Å². The van der Waals surface area contributed by atoms with E-state index < -0.39 is 0 Å². The Morgan fingerprint density at radius 1 is 0.417 bits per heavy atom. The van der Waals surface area contributed by atoms with E-state index in [1.54, 1.807) is 14.2 Å². The normalized spacial score (nSPS) is 11.4. The molecule has 0 saturated heterocycles. The van der Waals surface area contributed by atoms with Gasteiger partial charge >= 0.3 is 0 Å². The summed E-state index contributed by atoms with van der Waals surface area (Å²) in [6, 6.07) is 20.6. The van der Waals surface area contributed by atoms with Crippen molar-refractivity contribution in [3.8, 4) is 23.0 Å². The molecule has 4 heteroatoms. The summed E-state index contributed by atoms with van der Waals surface area (Å²) >= 11 is 0. The third-order valence-electron chi connectivity index (χ3n) is 8.80. The summed E-state index contributed by atoms with van der Waals surface area (Å²) < 4.78 is 23.7. The van der Waals surface area contributed by atoms with E-state index in [1.165, 1.54) is 89.9 Å². The molecule has 0 saturated carbocycles. The van der Waals surface area contributed by atoms with Crippen LogP contribution in [0.25, 0.3) is 24.3 Å². The minimum absolute atomic E-state index is 0.707. The minimum atomic E-state index is 0.707.